The molecule has 62 valence electrons. The van der Waals surface area contributed by atoms with Crippen molar-refractivity contribution in [2.75, 3.05) is 0 Å². The molecule has 0 saturated carbocycles. The van der Waals surface area contributed by atoms with Gasteiger partial charge in [-0.05, 0) is 13.0 Å². The third kappa shape index (κ3) is 1.32. The zero-order valence-electron chi connectivity index (χ0n) is 6.57. The summed E-state index contributed by atoms with van der Waals surface area (Å²) in [4.78, 5) is 9.96. The molecular weight excluding hydrogens is 156 g/mol. The summed E-state index contributed by atoms with van der Waals surface area (Å²) in [5.41, 5.74) is 0.555. The minimum Gasteiger partial charge on any atom is -0.300 e. The molecule has 0 saturated heterocycles. The number of nitrogens with zero attached hydrogens (tertiary/aromatic N) is 1. The summed E-state index contributed by atoms with van der Waals surface area (Å²) < 4.78 is 0. The molecule has 0 aliphatic heterocycles. The van der Waals surface area contributed by atoms with Gasteiger partial charge < -0.3 is 5.41 Å². The molecule has 1 aliphatic rings. The van der Waals surface area contributed by atoms with E-state index in [1.54, 1.807) is 13.0 Å². The number of hydrogen-bond donors (Lipinski definition) is 1. The highest BCUT2D eigenvalue weighted by atomic mass is 16.6. The van der Waals surface area contributed by atoms with Crippen LogP contribution in [0.4, 0.5) is 0 Å². The largest absolute Gasteiger partial charge is 0.300 e. The molecule has 12 heavy (non-hydrogen) atoms. The predicted molar refractivity (Wildman–Crippen MR) is 45.7 cm³/mol. The van der Waals surface area contributed by atoms with Gasteiger partial charge in [-0.1, -0.05) is 12.2 Å². The molecular formula is C8H8N2O2. The van der Waals surface area contributed by atoms with Crippen LogP contribution in [0.3, 0.4) is 0 Å². The Hall–Kier alpha value is -1.71. The van der Waals surface area contributed by atoms with Crippen LogP contribution in [0.25, 0.3) is 0 Å². The number of rotatable bonds is 1. The molecule has 1 aliphatic carbocycles. The van der Waals surface area contributed by atoms with Crippen molar-refractivity contribution in [2.24, 2.45) is 0 Å². The summed E-state index contributed by atoms with van der Waals surface area (Å²) >= 11 is 0. The first-order valence-electron chi connectivity index (χ1n) is 3.45. The summed E-state index contributed by atoms with van der Waals surface area (Å²) in [5.74, 6) is 0. The first-order valence-corrected chi connectivity index (χ1v) is 3.45. The first-order chi connectivity index (χ1) is 5.66. The molecule has 4 nitrogen and oxygen atoms in total. The van der Waals surface area contributed by atoms with Crippen LogP contribution in [0.15, 0.2) is 35.6 Å². The van der Waals surface area contributed by atoms with Gasteiger partial charge in [0.2, 0.25) is 0 Å². The second-order valence-corrected chi connectivity index (χ2v) is 2.28. The van der Waals surface area contributed by atoms with Crippen molar-refractivity contribution < 1.29 is 4.92 Å². The fourth-order valence-electron chi connectivity index (χ4n) is 1.02. The maximum Gasteiger partial charge on any atom is 0.278 e. The van der Waals surface area contributed by atoms with Crippen LogP contribution < -0.4 is 0 Å². The lowest BCUT2D eigenvalue weighted by molar-refractivity contribution is -0.420. The van der Waals surface area contributed by atoms with Crippen molar-refractivity contribution in [1.82, 2.24) is 0 Å². The third-order valence-corrected chi connectivity index (χ3v) is 1.57. The molecule has 0 aromatic heterocycles. The molecule has 4 heteroatoms. The van der Waals surface area contributed by atoms with Gasteiger partial charge in [-0.2, -0.15) is 0 Å². The lowest BCUT2D eigenvalue weighted by atomic mass is 10.0. The first kappa shape index (κ1) is 8.39. The van der Waals surface area contributed by atoms with Crippen molar-refractivity contribution in [1.29, 1.82) is 5.41 Å². The zero-order chi connectivity index (χ0) is 9.14. The van der Waals surface area contributed by atoms with Gasteiger partial charge in [-0.15, -0.1) is 0 Å². The van der Waals surface area contributed by atoms with E-state index >= 15 is 0 Å². The molecule has 0 atom stereocenters. The van der Waals surface area contributed by atoms with E-state index in [2.05, 4.69) is 0 Å². The van der Waals surface area contributed by atoms with Gasteiger partial charge in [0.1, 0.15) is 0 Å². The van der Waals surface area contributed by atoms with E-state index < -0.39 is 4.92 Å². The maximum absolute atomic E-state index is 10.4. The van der Waals surface area contributed by atoms with E-state index in [0.29, 0.717) is 5.57 Å². The van der Waals surface area contributed by atoms with Gasteiger partial charge in [0.15, 0.2) is 0 Å². The summed E-state index contributed by atoms with van der Waals surface area (Å²) in [6.45, 7) is 1.68. The lowest BCUT2D eigenvalue weighted by Crippen LogP contribution is -2.11. The summed E-state index contributed by atoms with van der Waals surface area (Å²) in [5, 5.41) is 17.8. The van der Waals surface area contributed by atoms with Gasteiger partial charge >= 0.3 is 0 Å². The Morgan fingerprint density at radius 3 is 2.75 bits per heavy atom. The average Bonchev–Trinajstić information content (AvgIpc) is 2.03. The summed E-state index contributed by atoms with van der Waals surface area (Å²) in [6, 6.07) is 0. The lowest BCUT2D eigenvalue weighted by Gasteiger charge is -2.05. The van der Waals surface area contributed by atoms with Crippen molar-refractivity contribution in [3.05, 3.63) is 45.7 Å². The Morgan fingerprint density at radius 1 is 1.67 bits per heavy atom. The molecule has 0 radical (unpaired) electrons. The van der Waals surface area contributed by atoms with Crippen LogP contribution in [0, 0.1) is 15.5 Å². The highest BCUT2D eigenvalue weighted by Crippen LogP contribution is 2.16. The Kier molecular flexibility index (Phi) is 2.19. The van der Waals surface area contributed by atoms with Gasteiger partial charge in [0.25, 0.3) is 5.70 Å². The van der Waals surface area contributed by atoms with Crippen LogP contribution in [0.5, 0.6) is 0 Å². The highest BCUT2D eigenvalue weighted by Gasteiger charge is 2.20. The van der Waals surface area contributed by atoms with Crippen LogP contribution in [-0.2, 0) is 0 Å². The van der Waals surface area contributed by atoms with E-state index in [9.17, 15) is 10.1 Å². The molecule has 0 aromatic rings. The minimum absolute atomic E-state index is 0.00926. The zero-order valence-corrected chi connectivity index (χ0v) is 6.57. The Bertz CT molecular complexity index is 324. The molecule has 1 N–H and O–H groups in total. The fraction of sp³-hybridized carbons (Fsp3) is 0.125. The molecule has 0 bridgehead atoms. The molecule has 0 fully saturated rings. The normalized spacial score (nSPS) is 19.6. The topological polar surface area (TPSA) is 67.0 Å². The standard InChI is InChI=1S/C8H8N2O2/c1-2-6-7(9)4-3-5-8(6)10(11)12/h2-5,9H,1H3/b6-2+,9-7?. The van der Waals surface area contributed by atoms with Crippen molar-refractivity contribution >= 4 is 5.71 Å². The summed E-state index contributed by atoms with van der Waals surface area (Å²) in [6.07, 6.45) is 6.00. The van der Waals surface area contributed by atoms with Gasteiger partial charge in [0, 0.05) is 6.08 Å². The molecule has 0 unspecified atom stereocenters. The van der Waals surface area contributed by atoms with E-state index in [0.717, 1.165) is 0 Å². The molecule has 0 amide bonds. The number of hydrogen-bond acceptors (Lipinski definition) is 3. The van der Waals surface area contributed by atoms with E-state index in [1.165, 1.54) is 18.2 Å². The Labute approximate surface area is 69.6 Å². The quantitative estimate of drug-likeness (QED) is 0.473. The second kappa shape index (κ2) is 3.13. The van der Waals surface area contributed by atoms with Crippen molar-refractivity contribution in [2.45, 2.75) is 6.92 Å². The average molecular weight is 164 g/mol. The van der Waals surface area contributed by atoms with Crippen LogP contribution in [-0.4, -0.2) is 10.6 Å². The monoisotopic (exact) mass is 164 g/mol. The number of nitro groups is 1. The van der Waals surface area contributed by atoms with E-state index in [-0.39, 0.29) is 11.4 Å². The third-order valence-electron chi connectivity index (χ3n) is 1.57. The second-order valence-electron chi connectivity index (χ2n) is 2.28. The predicted octanol–water partition coefficient (Wildman–Crippen LogP) is 1.68. The maximum atomic E-state index is 10.4. The highest BCUT2D eigenvalue weighted by molar-refractivity contribution is 6.10. The van der Waals surface area contributed by atoms with Crippen molar-refractivity contribution in [3.63, 3.8) is 0 Å². The minimum atomic E-state index is -0.479. The number of allylic oxidation sites excluding steroid dienone is 5. The molecule has 0 aromatic carbocycles. The van der Waals surface area contributed by atoms with Crippen LogP contribution >= 0.6 is 0 Å². The van der Waals surface area contributed by atoms with E-state index in [1.807, 2.05) is 0 Å². The molecule has 0 spiro atoms. The van der Waals surface area contributed by atoms with Gasteiger partial charge in [-0.3, -0.25) is 10.1 Å². The molecule has 1 rings (SSSR count). The van der Waals surface area contributed by atoms with E-state index in [4.69, 9.17) is 5.41 Å². The Balaban J connectivity index is 3.14. The van der Waals surface area contributed by atoms with Crippen molar-refractivity contribution in [3.8, 4) is 0 Å². The fourth-order valence-corrected chi connectivity index (χ4v) is 1.02. The van der Waals surface area contributed by atoms with Crippen LogP contribution in [0.1, 0.15) is 6.92 Å². The van der Waals surface area contributed by atoms with Gasteiger partial charge in [0.05, 0.1) is 16.2 Å². The SMILES string of the molecule is C/C=C1\C(=N)C=CC=C1[N+](=O)[O-]. The smallest absolute Gasteiger partial charge is 0.278 e. The van der Waals surface area contributed by atoms with Gasteiger partial charge in [-0.25, -0.2) is 0 Å². The van der Waals surface area contributed by atoms with Crippen LogP contribution in [0.2, 0.25) is 0 Å². The Morgan fingerprint density at radius 2 is 2.33 bits per heavy atom. The molecule has 0 heterocycles. The number of nitrogens with one attached hydrogen (secondary N) is 1. The summed E-state index contributed by atoms with van der Waals surface area (Å²) in [7, 11) is 0.